The molecule has 1 rings (SSSR count). The molecule has 0 saturated heterocycles. The van der Waals surface area contributed by atoms with E-state index < -0.39 is 0 Å². The van der Waals surface area contributed by atoms with Gasteiger partial charge in [-0.2, -0.15) is 0 Å². The van der Waals surface area contributed by atoms with Gasteiger partial charge in [0.05, 0.1) is 15.6 Å². The molecule has 15 heavy (non-hydrogen) atoms. The number of thiazole rings is 1. The van der Waals surface area contributed by atoms with Crippen LogP contribution >= 0.6 is 11.3 Å². The minimum atomic E-state index is 0.107. The lowest BCUT2D eigenvalue weighted by atomic mass is 10.3. The van der Waals surface area contributed by atoms with Gasteiger partial charge in [0.2, 0.25) is 0 Å². The van der Waals surface area contributed by atoms with Gasteiger partial charge in [0.15, 0.2) is 5.78 Å². The molecule has 0 aliphatic carbocycles. The summed E-state index contributed by atoms with van der Waals surface area (Å²) in [6, 6.07) is 0. The van der Waals surface area contributed by atoms with Crippen molar-refractivity contribution in [3.05, 3.63) is 28.2 Å². The van der Waals surface area contributed by atoms with Gasteiger partial charge in [-0.05, 0) is 6.92 Å². The maximum Gasteiger partial charge on any atom is 0.171 e. The van der Waals surface area contributed by atoms with E-state index >= 15 is 0 Å². The van der Waals surface area contributed by atoms with Gasteiger partial charge in [-0.25, -0.2) is 4.98 Å². The average Bonchev–Trinajstić information content (AvgIpc) is 2.55. The Morgan fingerprint density at radius 1 is 1.67 bits per heavy atom. The number of carbonyl (C=O) groups excluding carboxylic acids is 1. The van der Waals surface area contributed by atoms with E-state index in [9.17, 15) is 4.79 Å². The van der Waals surface area contributed by atoms with E-state index in [1.54, 1.807) is 6.92 Å². The third-order valence-corrected chi connectivity index (χ3v) is 3.28. The Hall–Kier alpha value is -1.00. The third-order valence-electron chi connectivity index (χ3n) is 1.96. The first-order valence-electron chi connectivity index (χ1n) is 4.94. The highest BCUT2D eigenvalue weighted by Crippen LogP contribution is 2.18. The van der Waals surface area contributed by atoms with Gasteiger partial charge in [0, 0.05) is 26.4 Å². The van der Waals surface area contributed by atoms with E-state index in [4.69, 9.17) is 0 Å². The average molecular weight is 224 g/mol. The Morgan fingerprint density at radius 2 is 2.40 bits per heavy atom. The largest absolute Gasteiger partial charge is 0.313 e. The standard InChI is InChI=1S/C11H16N2OS/c1-4-6-12-7-5-10-13-8(2)11(15-10)9(3)14/h4,12H,1,5-7H2,2-3H3. The fourth-order valence-corrected chi connectivity index (χ4v) is 2.24. The summed E-state index contributed by atoms with van der Waals surface area (Å²) in [5, 5.41) is 4.23. The van der Waals surface area contributed by atoms with E-state index in [-0.39, 0.29) is 5.78 Å². The lowest BCUT2D eigenvalue weighted by Crippen LogP contribution is -2.16. The molecule has 0 spiro atoms. The van der Waals surface area contributed by atoms with Crippen LogP contribution in [0.2, 0.25) is 0 Å². The molecule has 0 atom stereocenters. The molecule has 0 fully saturated rings. The summed E-state index contributed by atoms with van der Waals surface area (Å²) in [4.78, 5) is 16.3. The maximum atomic E-state index is 11.2. The zero-order chi connectivity index (χ0) is 11.3. The molecule has 82 valence electrons. The molecule has 0 aliphatic heterocycles. The van der Waals surface area contributed by atoms with Gasteiger partial charge in [-0.15, -0.1) is 17.9 Å². The highest BCUT2D eigenvalue weighted by Gasteiger charge is 2.10. The van der Waals surface area contributed by atoms with E-state index in [0.29, 0.717) is 0 Å². The summed E-state index contributed by atoms with van der Waals surface area (Å²) < 4.78 is 0. The summed E-state index contributed by atoms with van der Waals surface area (Å²) in [6.45, 7) is 8.77. The fourth-order valence-electron chi connectivity index (χ4n) is 1.29. The van der Waals surface area contributed by atoms with E-state index in [0.717, 1.165) is 35.1 Å². The van der Waals surface area contributed by atoms with Gasteiger partial charge in [-0.1, -0.05) is 6.08 Å². The number of aromatic nitrogens is 1. The van der Waals surface area contributed by atoms with Crippen molar-refractivity contribution in [3.63, 3.8) is 0 Å². The van der Waals surface area contributed by atoms with Crippen molar-refractivity contribution in [2.24, 2.45) is 0 Å². The lowest BCUT2D eigenvalue weighted by Gasteiger charge is -1.97. The molecule has 1 heterocycles. The first kappa shape index (κ1) is 12.1. The number of hydrogen-bond donors (Lipinski definition) is 1. The Bertz CT molecular complexity index is 357. The second-order valence-corrected chi connectivity index (χ2v) is 4.40. The van der Waals surface area contributed by atoms with Crippen molar-refractivity contribution < 1.29 is 4.79 Å². The minimum absolute atomic E-state index is 0.107. The molecule has 3 nitrogen and oxygen atoms in total. The number of hydrogen-bond acceptors (Lipinski definition) is 4. The van der Waals surface area contributed by atoms with Crippen LogP contribution in [-0.2, 0) is 6.42 Å². The number of rotatable bonds is 6. The topological polar surface area (TPSA) is 42.0 Å². The number of Topliss-reactive ketones (excluding diaryl/α,β-unsaturated/α-hetero) is 1. The molecule has 4 heteroatoms. The van der Waals surface area contributed by atoms with Crippen molar-refractivity contribution in [2.45, 2.75) is 20.3 Å². The molecule has 0 aromatic carbocycles. The van der Waals surface area contributed by atoms with Gasteiger partial charge >= 0.3 is 0 Å². The van der Waals surface area contributed by atoms with Crippen molar-refractivity contribution in [3.8, 4) is 0 Å². The quantitative estimate of drug-likeness (QED) is 0.456. The van der Waals surface area contributed by atoms with Crippen LogP contribution in [0.3, 0.4) is 0 Å². The molecule has 0 bridgehead atoms. The van der Waals surface area contributed by atoms with Crippen molar-refractivity contribution in [1.82, 2.24) is 10.3 Å². The first-order chi connectivity index (χ1) is 7.15. The van der Waals surface area contributed by atoms with Crippen LogP contribution in [0.5, 0.6) is 0 Å². The van der Waals surface area contributed by atoms with E-state index in [2.05, 4.69) is 16.9 Å². The Labute approximate surface area is 94.2 Å². The molecule has 0 saturated carbocycles. The van der Waals surface area contributed by atoms with Crippen LogP contribution < -0.4 is 5.32 Å². The van der Waals surface area contributed by atoms with Gasteiger partial charge < -0.3 is 5.32 Å². The number of carbonyl (C=O) groups is 1. The molecule has 1 aromatic heterocycles. The van der Waals surface area contributed by atoms with Crippen molar-refractivity contribution in [1.29, 1.82) is 0 Å². The van der Waals surface area contributed by atoms with Crippen LogP contribution in [-0.4, -0.2) is 23.9 Å². The van der Waals surface area contributed by atoms with Gasteiger partial charge in [0.1, 0.15) is 0 Å². The summed E-state index contributed by atoms with van der Waals surface area (Å²) in [6.07, 6.45) is 2.70. The molecular formula is C11H16N2OS. The Kier molecular flexibility index (Phi) is 4.65. The molecule has 1 aromatic rings. The molecule has 0 unspecified atom stereocenters. The number of ketones is 1. The normalized spacial score (nSPS) is 10.3. The maximum absolute atomic E-state index is 11.2. The highest BCUT2D eigenvalue weighted by molar-refractivity contribution is 7.13. The fraction of sp³-hybridized carbons (Fsp3) is 0.455. The summed E-state index contributed by atoms with van der Waals surface area (Å²) >= 11 is 1.50. The second-order valence-electron chi connectivity index (χ2n) is 3.32. The van der Waals surface area contributed by atoms with Crippen molar-refractivity contribution >= 4 is 17.1 Å². The third kappa shape index (κ3) is 3.57. The SMILES string of the molecule is C=CCNCCc1nc(C)c(C(C)=O)s1. The smallest absolute Gasteiger partial charge is 0.171 e. The zero-order valence-corrected chi connectivity index (χ0v) is 9.99. The van der Waals surface area contributed by atoms with E-state index in [1.165, 1.54) is 11.3 Å². The van der Waals surface area contributed by atoms with Gasteiger partial charge in [-0.3, -0.25) is 4.79 Å². The van der Waals surface area contributed by atoms with E-state index in [1.807, 2.05) is 13.0 Å². The molecule has 0 radical (unpaired) electrons. The monoisotopic (exact) mass is 224 g/mol. The molecular weight excluding hydrogens is 208 g/mol. The predicted molar refractivity (Wildman–Crippen MR) is 63.6 cm³/mol. The Morgan fingerprint density at radius 3 is 2.93 bits per heavy atom. The minimum Gasteiger partial charge on any atom is -0.313 e. The molecule has 1 N–H and O–H groups in total. The summed E-state index contributed by atoms with van der Waals surface area (Å²) in [5.74, 6) is 0.107. The Balaban J connectivity index is 2.52. The molecule has 0 amide bonds. The second kappa shape index (κ2) is 5.78. The number of nitrogens with one attached hydrogen (secondary N) is 1. The van der Waals surface area contributed by atoms with Crippen LogP contribution in [0.15, 0.2) is 12.7 Å². The lowest BCUT2D eigenvalue weighted by molar-refractivity contribution is 0.102. The number of aryl methyl sites for hydroxylation is 1. The van der Waals surface area contributed by atoms with Gasteiger partial charge in [0.25, 0.3) is 0 Å². The molecule has 0 aliphatic rings. The summed E-state index contributed by atoms with van der Waals surface area (Å²) in [5.41, 5.74) is 0.853. The number of nitrogens with zero attached hydrogens (tertiary/aromatic N) is 1. The van der Waals surface area contributed by atoms with Crippen LogP contribution in [0.25, 0.3) is 0 Å². The van der Waals surface area contributed by atoms with Crippen LogP contribution in [0, 0.1) is 6.92 Å². The van der Waals surface area contributed by atoms with Crippen molar-refractivity contribution in [2.75, 3.05) is 13.1 Å². The van der Waals surface area contributed by atoms with Crippen LogP contribution in [0.4, 0.5) is 0 Å². The first-order valence-corrected chi connectivity index (χ1v) is 5.75. The zero-order valence-electron chi connectivity index (χ0n) is 9.17. The predicted octanol–water partition coefficient (Wildman–Crippen LogP) is 1.97. The summed E-state index contributed by atoms with van der Waals surface area (Å²) in [7, 11) is 0. The highest BCUT2D eigenvalue weighted by atomic mass is 32.1. The van der Waals surface area contributed by atoms with Crippen LogP contribution in [0.1, 0.15) is 27.3 Å².